The lowest BCUT2D eigenvalue weighted by Crippen LogP contribution is -2.58. The summed E-state index contributed by atoms with van der Waals surface area (Å²) >= 11 is 5.99. The Kier molecular flexibility index (Phi) is 9.39. The van der Waals surface area contributed by atoms with Crippen LogP contribution >= 0.6 is 11.6 Å². The highest BCUT2D eigenvalue weighted by Crippen LogP contribution is 2.20. The van der Waals surface area contributed by atoms with Crippen molar-refractivity contribution in [3.8, 4) is 0 Å². The largest absolute Gasteiger partial charge is 0.370 e. The average Bonchev–Trinajstić information content (AvgIpc) is 2.90. The molecule has 1 heterocycles. The first kappa shape index (κ1) is 26.9. The molecule has 3 aromatic carbocycles. The number of hydrogen-bond acceptors (Lipinski definition) is 4. The first-order valence-corrected chi connectivity index (χ1v) is 13.3. The molecule has 0 bridgehead atoms. The molecule has 0 radical (unpaired) electrons. The van der Waals surface area contributed by atoms with Crippen LogP contribution in [-0.2, 0) is 17.6 Å². The van der Waals surface area contributed by atoms with E-state index in [-0.39, 0.29) is 17.9 Å². The summed E-state index contributed by atoms with van der Waals surface area (Å²) in [6, 6.07) is 22.3. The normalized spacial score (nSPS) is 17.0. The highest BCUT2D eigenvalue weighted by Gasteiger charge is 2.31. The van der Waals surface area contributed by atoms with E-state index >= 15 is 0 Å². The van der Waals surface area contributed by atoms with E-state index in [9.17, 15) is 4.79 Å². The van der Waals surface area contributed by atoms with Crippen molar-refractivity contribution in [1.29, 1.82) is 0 Å². The zero-order chi connectivity index (χ0) is 26.2. The van der Waals surface area contributed by atoms with Crippen LogP contribution in [0.25, 0.3) is 10.8 Å². The van der Waals surface area contributed by atoms with Crippen LogP contribution in [0, 0.1) is 0 Å². The van der Waals surface area contributed by atoms with Gasteiger partial charge >= 0.3 is 0 Å². The molecule has 2 atom stereocenters. The molecular weight excluding hydrogens is 484 g/mol. The standard InChI is InChI=1S/C29H37ClN6O/c30-25-11-8-21(9-12-25)19-27(31)28(37)36-17-16-35(26(20-36)6-3-14-34-29(32)33)15-13-22-7-10-23-4-1-2-5-24(23)18-22/h1-2,4-5,7-12,18,26-27H,3,6,13-17,19-20,31H2,(H4,32,33,34). The molecular formula is C29H37ClN6O. The molecule has 3 aromatic rings. The van der Waals surface area contributed by atoms with E-state index in [0.29, 0.717) is 31.1 Å². The summed E-state index contributed by atoms with van der Waals surface area (Å²) in [4.78, 5) is 21.8. The zero-order valence-corrected chi connectivity index (χ0v) is 22.0. The van der Waals surface area contributed by atoms with Gasteiger partial charge < -0.3 is 22.1 Å². The van der Waals surface area contributed by atoms with Crippen LogP contribution in [-0.4, -0.2) is 66.5 Å². The molecule has 1 amide bonds. The van der Waals surface area contributed by atoms with Crippen molar-refractivity contribution >= 4 is 34.2 Å². The Hall–Kier alpha value is -3.13. The summed E-state index contributed by atoms with van der Waals surface area (Å²) in [5, 5.41) is 3.19. The van der Waals surface area contributed by atoms with Crippen LogP contribution in [0.4, 0.5) is 0 Å². The Morgan fingerprint density at radius 3 is 2.49 bits per heavy atom. The fourth-order valence-corrected chi connectivity index (χ4v) is 5.19. The topological polar surface area (TPSA) is 114 Å². The summed E-state index contributed by atoms with van der Waals surface area (Å²) in [6.45, 7) is 3.67. The molecule has 4 rings (SSSR count). The number of aliphatic imine (C=N–C) groups is 1. The van der Waals surface area contributed by atoms with E-state index in [1.807, 2.05) is 29.2 Å². The average molecular weight is 521 g/mol. The Balaban J connectivity index is 1.38. The molecule has 6 N–H and O–H groups in total. The second kappa shape index (κ2) is 12.9. The number of carbonyl (C=O) groups excluding carboxylic acids is 1. The Bertz CT molecular complexity index is 1210. The molecule has 0 aromatic heterocycles. The zero-order valence-electron chi connectivity index (χ0n) is 21.2. The number of nitrogens with zero attached hydrogens (tertiary/aromatic N) is 3. The van der Waals surface area contributed by atoms with Gasteiger partial charge in [-0.25, -0.2) is 0 Å². The molecule has 8 heteroatoms. The van der Waals surface area contributed by atoms with Crippen molar-refractivity contribution in [3.05, 3.63) is 82.9 Å². The fraction of sp³-hybridized carbons (Fsp3) is 0.379. The number of benzene rings is 3. The van der Waals surface area contributed by atoms with E-state index in [1.165, 1.54) is 16.3 Å². The molecule has 7 nitrogen and oxygen atoms in total. The molecule has 0 spiro atoms. The van der Waals surface area contributed by atoms with Crippen molar-refractivity contribution in [1.82, 2.24) is 9.80 Å². The molecule has 1 fully saturated rings. The molecule has 196 valence electrons. The predicted molar refractivity (Wildman–Crippen MR) is 153 cm³/mol. The van der Waals surface area contributed by atoms with Crippen LogP contribution in [0.5, 0.6) is 0 Å². The van der Waals surface area contributed by atoms with Crippen molar-refractivity contribution in [2.45, 2.75) is 37.8 Å². The minimum atomic E-state index is -0.576. The summed E-state index contributed by atoms with van der Waals surface area (Å²) in [5.74, 6) is 0.111. The Morgan fingerprint density at radius 2 is 1.73 bits per heavy atom. The number of amides is 1. The quantitative estimate of drug-likeness (QED) is 0.216. The molecule has 1 aliphatic rings. The van der Waals surface area contributed by atoms with Crippen molar-refractivity contribution in [3.63, 3.8) is 0 Å². The molecule has 1 aliphatic heterocycles. The van der Waals surface area contributed by atoms with Gasteiger partial charge in [0, 0.05) is 43.8 Å². The first-order chi connectivity index (χ1) is 17.9. The first-order valence-electron chi connectivity index (χ1n) is 12.9. The maximum Gasteiger partial charge on any atom is 0.239 e. The molecule has 37 heavy (non-hydrogen) atoms. The van der Waals surface area contributed by atoms with Gasteiger partial charge in [0.25, 0.3) is 0 Å². The smallest absolute Gasteiger partial charge is 0.239 e. The third-order valence-corrected chi connectivity index (χ3v) is 7.35. The minimum absolute atomic E-state index is 0.00153. The lowest BCUT2D eigenvalue weighted by atomic mass is 10.0. The Morgan fingerprint density at radius 1 is 1.00 bits per heavy atom. The van der Waals surface area contributed by atoms with Gasteiger partial charge in [-0.15, -0.1) is 0 Å². The van der Waals surface area contributed by atoms with Crippen LogP contribution in [0.2, 0.25) is 5.02 Å². The Labute approximate surface area is 224 Å². The summed E-state index contributed by atoms with van der Waals surface area (Å²) < 4.78 is 0. The summed E-state index contributed by atoms with van der Waals surface area (Å²) in [5.41, 5.74) is 19.7. The maximum atomic E-state index is 13.2. The van der Waals surface area contributed by atoms with Gasteiger partial charge in [-0.05, 0) is 59.7 Å². The predicted octanol–water partition coefficient (Wildman–Crippen LogP) is 3.17. The second-order valence-corrected chi connectivity index (χ2v) is 10.2. The van der Waals surface area contributed by atoms with Crippen LogP contribution in [0.1, 0.15) is 24.0 Å². The van der Waals surface area contributed by atoms with E-state index < -0.39 is 6.04 Å². The van der Waals surface area contributed by atoms with Crippen LogP contribution in [0.15, 0.2) is 71.7 Å². The van der Waals surface area contributed by atoms with E-state index in [0.717, 1.165) is 37.9 Å². The van der Waals surface area contributed by atoms with Gasteiger partial charge in [0.15, 0.2) is 5.96 Å². The highest BCUT2D eigenvalue weighted by molar-refractivity contribution is 6.30. The number of fused-ring (bicyclic) bond motifs is 1. The van der Waals surface area contributed by atoms with Crippen LogP contribution in [0.3, 0.4) is 0 Å². The number of piperazine rings is 1. The van der Waals surface area contributed by atoms with Gasteiger partial charge in [0.2, 0.25) is 5.91 Å². The maximum absolute atomic E-state index is 13.2. The van der Waals surface area contributed by atoms with Crippen molar-refractivity contribution in [2.24, 2.45) is 22.2 Å². The number of hydrogen-bond donors (Lipinski definition) is 3. The van der Waals surface area contributed by atoms with Gasteiger partial charge in [0.05, 0.1) is 6.04 Å². The second-order valence-electron chi connectivity index (χ2n) is 9.79. The third kappa shape index (κ3) is 7.68. The lowest BCUT2D eigenvalue weighted by Gasteiger charge is -2.42. The molecule has 0 saturated carbocycles. The lowest BCUT2D eigenvalue weighted by molar-refractivity contribution is -0.135. The van der Waals surface area contributed by atoms with E-state index in [2.05, 4.69) is 52.4 Å². The number of carbonyl (C=O) groups is 1. The SMILES string of the molecule is NC(N)=NCCCC1CN(C(=O)C(N)Cc2ccc(Cl)cc2)CCN1CCc1ccc2ccccc2c1. The van der Waals surface area contributed by atoms with Gasteiger partial charge in [-0.3, -0.25) is 14.7 Å². The van der Waals surface area contributed by atoms with Gasteiger partial charge in [0.1, 0.15) is 0 Å². The molecule has 2 unspecified atom stereocenters. The van der Waals surface area contributed by atoms with Crippen LogP contribution < -0.4 is 17.2 Å². The molecule has 0 aliphatic carbocycles. The van der Waals surface area contributed by atoms with Gasteiger partial charge in [-0.2, -0.15) is 0 Å². The third-order valence-electron chi connectivity index (χ3n) is 7.09. The number of halogens is 1. The highest BCUT2D eigenvalue weighted by atomic mass is 35.5. The number of rotatable bonds is 10. The monoisotopic (exact) mass is 520 g/mol. The number of nitrogens with two attached hydrogens (primary N) is 3. The fourth-order valence-electron chi connectivity index (χ4n) is 5.06. The number of guanidine groups is 1. The summed E-state index contributed by atoms with van der Waals surface area (Å²) in [6.07, 6.45) is 3.21. The summed E-state index contributed by atoms with van der Waals surface area (Å²) in [7, 11) is 0. The van der Waals surface area contributed by atoms with E-state index in [4.69, 9.17) is 28.8 Å². The minimum Gasteiger partial charge on any atom is -0.370 e. The van der Waals surface area contributed by atoms with E-state index in [1.54, 1.807) is 0 Å². The van der Waals surface area contributed by atoms with Crippen molar-refractivity contribution in [2.75, 3.05) is 32.7 Å². The van der Waals surface area contributed by atoms with Crippen molar-refractivity contribution < 1.29 is 4.79 Å². The van der Waals surface area contributed by atoms with Gasteiger partial charge in [-0.1, -0.05) is 66.2 Å². The molecule has 1 saturated heterocycles.